The number of benzene rings is 1. The van der Waals surface area contributed by atoms with Gasteiger partial charge >= 0.3 is 0 Å². The van der Waals surface area contributed by atoms with Crippen molar-refractivity contribution in [2.75, 3.05) is 11.1 Å². The SMILES string of the molecule is CC1CCC2(CC1)CSC(Nc1c(Cl)cc(F)cc1Cl)=N2. The lowest BCUT2D eigenvalue weighted by Gasteiger charge is -2.32. The number of thioether (sulfide) groups is 1. The first-order chi connectivity index (χ1) is 9.97. The van der Waals surface area contributed by atoms with E-state index in [9.17, 15) is 4.39 Å². The van der Waals surface area contributed by atoms with Gasteiger partial charge in [0.1, 0.15) is 5.82 Å². The van der Waals surface area contributed by atoms with Crippen LogP contribution < -0.4 is 5.32 Å². The van der Waals surface area contributed by atoms with Crippen molar-refractivity contribution in [1.29, 1.82) is 0 Å². The van der Waals surface area contributed by atoms with Crippen LogP contribution >= 0.6 is 35.0 Å². The first kappa shape index (κ1) is 15.4. The van der Waals surface area contributed by atoms with Gasteiger partial charge in [-0.3, -0.25) is 4.99 Å². The molecule has 21 heavy (non-hydrogen) atoms. The fourth-order valence-corrected chi connectivity index (χ4v) is 4.62. The molecule has 1 heterocycles. The number of nitrogens with one attached hydrogen (secondary N) is 1. The Hall–Kier alpha value is -0.450. The molecular formula is C15H17Cl2FN2S. The van der Waals surface area contributed by atoms with Crippen molar-refractivity contribution in [3.8, 4) is 0 Å². The zero-order valence-electron chi connectivity index (χ0n) is 11.8. The molecule has 0 bridgehead atoms. The van der Waals surface area contributed by atoms with E-state index in [1.54, 1.807) is 11.8 Å². The van der Waals surface area contributed by atoms with E-state index in [-0.39, 0.29) is 15.6 Å². The van der Waals surface area contributed by atoms with Crippen LogP contribution in [0.1, 0.15) is 32.6 Å². The molecule has 0 atom stereocenters. The van der Waals surface area contributed by atoms with Gasteiger partial charge < -0.3 is 5.32 Å². The second kappa shape index (κ2) is 5.98. The van der Waals surface area contributed by atoms with Crippen LogP contribution in [0.5, 0.6) is 0 Å². The summed E-state index contributed by atoms with van der Waals surface area (Å²) in [6, 6.07) is 2.52. The van der Waals surface area contributed by atoms with Crippen LogP contribution in [0.25, 0.3) is 0 Å². The van der Waals surface area contributed by atoms with E-state index in [0.29, 0.717) is 5.69 Å². The molecule has 1 saturated carbocycles. The number of rotatable bonds is 1. The lowest BCUT2D eigenvalue weighted by Crippen LogP contribution is -2.32. The highest BCUT2D eigenvalue weighted by atomic mass is 35.5. The average Bonchev–Trinajstić information content (AvgIpc) is 2.81. The van der Waals surface area contributed by atoms with E-state index < -0.39 is 5.82 Å². The second-order valence-corrected chi connectivity index (χ2v) is 7.76. The van der Waals surface area contributed by atoms with Gasteiger partial charge in [-0.15, -0.1) is 0 Å². The monoisotopic (exact) mass is 346 g/mol. The first-order valence-electron chi connectivity index (χ1n) is 7.12. The molecule has 0 amide bonds. The molecule has 1 aromatic rings. The molecule has 114 valence electrons. The van der Waals surface area contributed by atoms with Crippen molar-refractivity contribution >= 4 is 45.8 Å². The summed E-state index contributed by atoms with van der Waals surface area (Å²) in [4.78, 5) is 4.87. The third-order valence-corrected chi connectivity index (χ3v) is 6.00. The highest BCUT2D eigenvalue weighted by molar-refractivity contribution is 8.14. The summed E-state index contributed by atoms with van der Waals surface area (Å²) in [5.74, 6) is 1.36. The van der Waals surface area contributed by atoms with Crippen LogP contribution in [-0.4, -0.2) is 16.5 Å². The van der Waals surface area contributed by atoms with Gasteiger partial charge in [0.25, 0.3) is 0 Å². The standard InChI is InChI=1S/C15H17Cl2FN2S/c1-9-2-4-15(5-3-9)8-21-14(20-15)19-13-11(16)6-10(18)7-12(13)17/h6-7,9H,2-5,8H2,1H3,(H,19,20). The fourth-order valence-electron chi connectivity index (χ4n) is 2.87. The molecule has 3 rings (SSSR count). The topological polar surface area (TPSA) is 24.4 Å². The smallest absolute Gasteiger partial charge is 0.161 e. The molecule has 6 heteroatoms. The molecule has 1 spiro atoms. The Labute approximate surface area is 138 Å². The summed E-state index contributed by atoms with van der Waals surface area (Å²) in [6.07, 6.45) is 4.74. The summed E-state index contributed by atoms with van der Waals surface area (Å²) < 4.78 is 13.2. The van der Waals surface area contributed by atoms with E-state index in [0.717, 1.165) is 29.7 Å². The Balaban J connectivity index is 1.77. The Morgan fingerprint density at radius 1 is 1.29 bits per heavy atom. The van der Waals surface area contributed by atoms with Crippen LogP contribution in [0.15, 0.2) is 17.1 Å². The molecule has 1 aliphatic heterocycles. The Bertz CT molecular complexity index is 560. The molecule has 0 saturated heterocycles. The minimum absolute atomic E-state index is 0.0679. The van der Waals surface area contributed by atoms with Crippen molar-refractivity contribution in [3.63, 3.8) is 0 Å². The molecule has 0 unspecified atom stereocenters. The van der Waals surface area contributed by atoms with Gasteiger partial charge in [0.15, 0.2) is 5.17 Å². The van der Waals surface area contributed by atoms with Crippen molar-refractivity contribution in [2.24, 2.45) is 10.9 Å². The fraction of sp³-hybridized carbons (Fsp3) is 0.533. The number of hydrogen-bond acceptors (Lipinski definition) is 3. The van der Waals surface area contributed by atoms with Gasteiger partial charge in [-0.1, -0.05) is 41.9 Å². The van der Waals surface area contributed by atoms with E-state index in [1.165, 1.54) is 25.0 Å². The molecule has 2 aliphatic rings. The Kier molecular flexibility index (Phi) is 4.40. The van der Waals surface area contributed by atoms with E-state index >= 15 is 0 Å². The van der Waals surface area contributed by atoms with Gasteiger partial charge in [-0.05, 0) is 43.7 Å². The first-order valence-corrected chi connectivity index (χ1v) is 8.86. The van der Waals surface area contributed by atoms with Crippen molar-refractivity contribution < 1.29 is 4.39 Å². The van der Waals surface area contributed by atoms with Gasteiger partial charge in [-0.25, -0.2) is 4.39 Å². The minimum Gasteiger partial charge on any atom is -0.333 e. The van der Waals surface area contributed by atoms with E-state index in [1.807, 2.05) is 0 Å². The van der Waals surface area contributed by atoms with Crippen LogP contribution in [0, 0.1) is 11.7 Å². The van der Waals surface area contributed by atoms with Gasteiger partial charge in [0, 0.05) is 5.75 Å². The predicted octanol–water partition coefficient (Wildman–Crippen LogP) is 5.60. The number of amidine groups is 1. The number of aliphatic imine (C=N–C) groups is 1. The third kappa shape index (κ3) is 3.33. The molecule has 2 nitrogen and oxygen atoms in total. The zero-order chi connectivity index (χ0) is 15.0. The van der Waals surface area contributed by atoms with E-state index in [2.05, 4.69) is 12.2 Å². The van der Waals surface area contributed by atoms with Gasteiger partial charge in [0.2, 0.25) is 0 Å². The maximum atomic E-state index is 13.2. The van der Waals surface area contributed by atoms with Crippen molar-refractivity contribution in [2.45, 2.75) is 38.1 Å². The average molecular weight is 347 g/mol. The number of halogens is 3. The molecule has 1 N–H and O–H groups in total. The van der Waals surface area contributed by atoms with Gasteiger partial charge in [0.05, 0.1) is 21.3 Å². The molecule has 0 aromatic heterocycles. The van der Waals surface area contributed by atoms with E-state index in [4.69, 9.17) is 28.2 Å². The number of nitrogens with zero attached hydrogens (tertiary/aromatic N) is 1. The third-order valence-electron chi connectivity index (χ3n) is 4.26. The summed E-state index contributed by atoms with van der Waals surface area (Å²) in [5, 5.41) is 4.56. The molecule has 0 radical (unpaired) electrons. The summed E-state index contributed by atoms with van der Waals surface area (Å²) >= 11 is 13.8. The summed E-state index contributed by atoms with van der Waals surface area (Å²) in [6.45, 7) is 2.30. The van der Waals surface area contributed by atoms with Crippen LogP contribution in [-0.2, 0) is 0 Å². The minimum atomic E-state index is -0.436. The zero-order valence-corrected chi connectivity index (χ0v) is 14.1. The number of hydrogen-bond donors (Lipinski definition) is 1. The predicted molar refractivity (Wildman–Crippen MR) is 90.3 cm³/mol. The van der Waals surface area contributed by atoms with Crippen LogP contribution in [0.2, 0.25) is 10.0 Å². The molecular weight excluding hydrogens is 330 g/mol. The summed E-state index contributed by atoms with van der Waals surface area (Å²) in [7, 11) is 0. The van der Waals surface area contributed by atoms with Crippen LogP contribution in [0.4, 0.5) is 10.1 Å². The lowest BCUT2D eigenvalue weighted by atomic mass is 9.79. The van der Waals surface area contributed by atoms with Crippen molar-refractivity contribution in [1.82, 2.24) is 0 Å². The Morgan fingerprint density at radius 2 is 1.90 bits per heavy atom. The Morgan fingerprint density at radius 3 is 2.52 bits per heavy atom. The summed E-state index contributed by atoms with van der Waals surface area (Å²) in [5.41, 5.74) is 0.602. The highest BCUT2D eigenvalue weighted by Crippen LogP contribution is 2.42. The van der Waals surface area contributed by atoms with Gasteiger partial charge in [-0.2, -0.15) is 0 Å². The maximum Gasteiger partial charge on any atom is 0.161 e. The van der Waals surface area contributed by atoms with Crippen LogP contribution in [0.3, 0.4) is 0 Å². The molecule has 1 aliphatic carbocycles. The largest absolute Gasteiger partial charge is 0.333 e. The lowest BCUT2D eigenvalue weighted by molar-refractivity contribution is 0.273. The molecule has 1 aromatic carbocycles. The second-order valence-electron chi connectivity index (χ2n) is 5.98. The maximum absolute atomic E-state index is 13.2. The highest BCUT2D eigenvalue weighted by Gasteiger charge is 2.38. The quantitative estimate of drug-likeness (QED) is 0.715. The number of anilines is 1. The normalized spacial score (nSPS) is 28.8. The molecule has 1 fully saturated rings. The van der Waals surface area contributed by atoms with Crippen molar-refractivity contribution in [3.05, 3.63) is 28.0 Å².